The second-order valence-corrected chi connectivity index (χ2v) is 6.29. The molecular weight excluding hydrogens is 268 g/mol. The summed E-state index contributed by atoms with van der Waals surface area (Å²) in [6.07, 6.45) is 5.54. The molecule has 1 unspecified atom stereocenters. The molecule has 3 rings (SSSR count). The molecule has 0 saturated heterocycles. The highest BCUT2D eigenvalue weighted by Gasteiger charge is 2.20. The van der Waals surface area contributed by atoms with Gasteiger partial charge in [0.1, 0.15) is 0 Å². The van der Waals surface area contributed by atoms with Crippen molar-refractivity contribution in [3.8, 4) is 10.8 Å². The van der Waals surface area contributed by atoms with Gasteiger partial charge in [-0.15, -0.1) is 22.9 Å². The molecule has 5 heteroatoms. The molecule has 0 fully saturated rings. The molecular formula is C13H15ClN2OS. The fourth-order valence-corrected chi connectivity index (χ4v) is 3.76. The predicted octanol–water partition coefficient (Wildman–Crippen LogP) is 4.37. The van der Waals surface area contributed by atoms with Crippen molar-refractivity contribution >= 4 is 22.9 Å². The molecule has 3 nitrogen and oxygen atoms in total. The van der Waals surface area contributed by atoms with Gasteiger partial charge in [-0.3, -0.25) is 0 Å². The standard InChI is InChI=1S/C13H15ClN2OS/c1-2-4-9(14)12-15-13(17-16-12)11-7-8-5-3-6-10(8)18-11/h7,9H,2-6H2,1H3. The molecule has 0 N–H and O–H groups in total. The van der Waals surface area contributed by atoms with E-state index in [2.05, 4.69) is 23.1 Å². The van der Waals surface area contributed by atoms with Crippen LogP contribution in [0.2, 0.25) is 0 Å². The number of halogens is 1. The third kappa shape index (κ3) is 2.19. The maximum Gasteiger partial charge on any atom is 0.268 e. The second kappa shape index (κ2) is 5.02. The molecule has 0 aliphatic heterocycles. The van der Waals surface area contributed by atoms with Gasteiger partial charge < -0.3 is 4.52 Å². The second-order valence-electron chi connectivity index (χ2n) is 4.63. The zero-order chi connectivity index (χ0) is 12.5. The van der Waals surface area contributed by atoms with Crippen molar-refractivity contribution in [2.24, 2.45) is 0 Å². The Kier molecular flexibility index (Phi) is 3.39. The number of alkyl halides is 1. The molecule has 2 aromatic rings. The van der Waals surface area contributed by atoms with E-state index >= 15 is 0 Å². The summed E-state index contributed by atoms with van der Waals surface area (Å²) in [7, 11) is 0. The average molecular weight is 283 g/mol. The van der Waals surface area contributed by atoms with E-state index in [0.29, 0.717) is 11.7 Å². The van der Waals surface area contributed by atoms with E-state index in [0.717, 1.165) is 17.7 Å². The molecule has 1 aliphatic carbocycles. The van der Waals surface area contributed by atoms with Crippen LogP contribution in [0.3, 0.4) is 0 Å². The third-order valence-corrected chi connectivity index (χ3v) is 4.86. The van der Waals surface area contributed by atoms with Crippen LogP contribution in [0, 0.1) is 0 Å². The first-order valence-electron chi connectivity index (χ1n) is 6.37. The Morgan fingerprint density at radius 3 is 3.17 bits per heavy atom. The van der Waals surface area contributed by atoms with Gasteiger partial charge in [0, 0.05) is 4.88 Å². The molecule has 0 spiro atoms. The smallest absolute Gasteiger partial charge is 0.268 e. The minimum Gasteiger partial charge on any atom is -0.333 e. The summed E-state index contributed by atoms with van der Waals surface area (Å²) in [5, 5.41) is 3.84. The summed E-state index contributed by atoms with van der Waals surface area (Å²) in [5.74, 6) is 1.23. The highest BCUT2D eigenvalue weighted by molar-refractivity contribution is 7.15. The van der Waals surface area contributed by atoms with E-state index in [1.165, 1.54) is 29.7 Å². The van der Waals surface area contributed by atoms with Crippen LogP contribution in [-0.2, 0) is 12.8 Å². The lowest BCUT2D eigenvalue weighted by Gasteiger charge is -1.99. The van der Waals surface area contributed by atoms with Crippen molar-refractivity contribution < 1.29 is 4.52 Å². The molecule has 2 heterocycles. The van der Waals surface area contributed by atoms with E-state index in [1.54, 1.807) is 11.3 Å². The lowest BCUT2D eigenvalue weighted by atomic mass is 10.2. The van der Waals surface area contributed by atoms with E-state index in [1.807, 2.05) is 0 Å². The molecule has 2 aromatic heterocycles. The van der Waals surface area contributed by atoms with Crippen molar-refractivity contribution in [3.05, 3.63) is 22.3 Å². The molecule has 0 aromatic carbocycles. The maximum atomic E-state index is 6.20. The Balaban J connectivity index is 1.84. The Bertz CT molecular complexity index is 527. The summed E-state index contributed by atoms with van der Waals surface area (Å²) in [4.78, 5) is 6.97. The number of aromatic nitrogens is 2. The predicted molar refractivity (Wildman–Crippen MR) is 73.1 cm³/mol. The van der Waals surface area contributed by atoms with E-state index in [4.69, 9.17) is 16.1 Å². The van der Waals surface area contributed by atoms with Crippen LogP contribution >= 0.6 is 22.9 Å². The molecule has 0 saturated carbocycles. The third-order valence-electron chi connectivity index (χ3n) is 3.22. The Morgan fingerprint density at radius 1 is 1.50 bits per heavy atom. The van der Waals surface area contributed by atoms with Crippen molar-refractivity contribution in [3.63, 3.8) is 0 Å². The number of hydrogen-bond acceptors (Lipinski definition) is 4. The van der Waals surface area contributed by atoms with Gasteiger partial charge in [0.25, 0.3) is 5.89 Å². The first-order valence-corrected chi connectivity index (χ1v) is 7.63. The van der Waals surface area contributed by atoms with Gasteiger partial charge in [0.05, 0.1) is 10.3 Å². The van der Waals surface area contributed by atoms with Crippen LogP contribution in [0.15, 0.2) is 10.6 Å². The van der Waals surface area contributed by atoms with Crippen LogP contribution in [-0.4, -0.2) is 10.1 Å². The van der Waals surface area contributed by atoms with Gasteiger partial charge in [0.15, 0.2) is 5.82 Å². The highest BCUT2D eigenvalue weighted by Crippen LogP contribution is 2.36. The summed E-state index contributed by atoms with van der Waals surface area (Å²) < 4.78 is 5.32. The maximum absolute atomic E-state index is 6.20. The zero-order valence-electron chi connectivity index (χ0n) is 10.3. The van der Waals surface area contributed by atoms with Gasteiger partial charge in [-0.2, -0.15) is 4.98 Å². The van der Waals surface area contributed by atoms with Crippen molar-refractivity contribution in [1.82, 2.24) is 10.1 Å². The monoisotopic (exact) mass is 282 g/mol. The van der Waals surface area contributed by atoms with E-state index in [9.17, 15) is 0 Å². The molecule has 18 heavy (non-hydrogen) atoms. The Hall–Kier alpha value is -0.870. The van der Waals surface area contributed by atoms with Crippen molar-refractivity contribution in [2.45, 2.75) is 44.4 Å². The summed E-state index contributed by atoms with van der Waals surface area (Å²) >= 11 is 7.97. The Morgan fingerprint density at radius 2 is 2.39 bits per heavy atom. The highest BCUT2D eigenvalue weighted by atomic mass is 35.5. The summed E-state index contributed by atoms with van der Waals surface area (Å²) in [6.45, 7) is 2.10. The van der Waals surface area contributed by atoms with Crippen LogP contribution in [0.1, 0.15) is 47.8 Å². The number of thiophene rings is 1. The number of fused-ring (bicyclic) bond motifs is 1. The SMILES string of the molecule is CCCC(Cl)c1noc(-c2cc3c(s2)CCC3)n1. The lowest BCUT2D eigenvalue weighted by molar-refractivity contribution is 0.421. The molecule has 96 valence electrons. The molecule has 0 radical (unpaired) electrons. The topological polar surface area (TPSA) is 38.9 Å². The fraction of sp³-hybridized carbons (Fsp3) is 0.538. The van der Waals surface area contributed by atoms with E-state index < -0.39 is 0 Å². The van der Waals surface area contributed by atoms with Crippen LogP contribution in [0.25, 0.3) is 10.8 Å². The first-order chi connectivity index (χ1) is 8.78. The van der Waals surface area contributed by atoms with Gasteiger partial charge in [-0.25, -0.2) is 0 Å². The fourth-order valence-electron chi connectivity index (χ4n) is 2.28. The zero-order valence-corrected chi connectivity index (χ0v) is 11.9. The number of aryl methyl sites for hydroxylation is 2. The van der Waals surface area contributed by atoms with Gasteiger partial charge in [-0.05, 0) is 37.3 Å². The normalized spacial score (nSPS) is 15.9. The van der Waals surface area contributed by atoms with Gasteiger partial charge in [-0.1, -0.05) is 18.5 Å². The van der Waals surface area contributed by atoms with Crippen LogP contribution < -0.4 is 0 Å². The first kappa shape index (κ1) is 12.2. The number of rotatable bonds is 4. The molecule has 1 atom stereocenters. The molecule has 0 bridgehead atoms. The number of hydrogen-bond donors (Lipinski definition) is 0. The minimum atomic E-state index is -0.140. The molecule has 0 amide bonds. The largest absolute Gasteiger partial charge is 0.333 e. The summed E-state index contributed by atoms with van der Waals surface area (Å²) in [6, 6.07) is 2.19. The Labute approximate surface area is 115 Å². The van der Waals surface area contributed by atoms with Gasteiger partial charge >= 0.3 is 0 Å². The van der Waals surface area contributed by atoms with E-state index in [-0.39, 0.29) is 5.38 Å². The summed E-state index contributed by atoms with van der Waals surface area (Å²) in [5.41, 5.74) is 1.45. The van der Waals surface area contributed by atoms with Crippen molar-refractivity contribution in [2.75, 3.05) is 0 Å². The van der Waals surface area contributed by atoms with Gasteiger partial charge in [0.2, 0.25) is 0 Å². The number of nitrogens with zero attached hydrogens (tertiary/aromatic N) is 2. The van der Waals surface area contributed by atoms with Crippen molar-refractivity contribution in [1.29, 1.82) is 0 Å². The minimum absolute atomic E-state index is 0.140. The molecule has 1 aliphatic rings. The van der Waals surface area contributed by atoms with Crippen LogP contribution in [0.4, 0.5) is 0 Å². The van der Waals surface area contributed by atoms with Crippen LogP contribution in [0.5, 0.6) is 0 Å². The lowest BCUT2D eigenvalue weighted by Crippen LogP contribution is -1.92. The quantitative estimate of drug-likeness (QED) is 0.782. The average Bonchev–Trinajstić information content (AvgIpc) is 3.03.